The van der Waals surface area contributed by atoms with E-state index in [1.54, 1.807) is 12.1 Å². The van der Waals surface area contributed by atoms with Crippen molar-refractivity contribution >= 4 is 42.9 Å². The lowest BCUT2D eigenvalue weighted by Gasteiger charge is -2.20. The SMILES string of the molecule is Cc1cc(N2CC(S(=O)(=O)Cl)CC2=O)c(C)cc1Cl. The molecule has 1 aliphatic rings. The van der Waals surface area contributed by atoms with Gasteiger partial charge in [0.15, 0.2) is 0 Å². The second-order valence-electron chi connectivity index (χ2n) is 4.69. The molecule has 1 atom stereocenters. The molecule has 1 aromatic rings. The molecule has 1 saturated heterocycles. The van der Waals surface area contributed by atoms with Crippen LogP contribution in [0.1, 0.15) is 17.5 Å². The number of carbonyl (C=O) groups excluding carboxylic acids is 1. The smallest absolute Gasteiger partial charge is 0.237 e. The van der Waals surface area contributed by atoms with Gasteiger partial charge in [-0.25, -0.2) is 8.42 Å². The van der Waals surface area contributed by atoms with E-state index in [0.29, 0.717) is 10.7 Å². The van der Waals surface area contributed by atoms with E-state index in [2.05, 4.69) is 0 Å². The lowest BCUT2D eigenvalue weighted by molar-refractivity contribution is -0.117. The summed E-state index contributed by atoms with van der Waals surface area (Å²) in [6.45, 7) is 3.75. The predicted molar refractivity (Wildman–Crippen MR) is 76.5 cm³/mol. The van der Waals surface area contributed by atoms with Crippen molar-refractivity contribution in [3.05, 3.63) is 28.3 Å². The molecule has 1 unspecified atom stereocenters. The molecule has 0 aromatic heterocycles. The van der Waals surface area contributed by atoms with Crippen LogP contribution in [0.2, 0.25) is 5.02 Å². The fourth-order valence-corrected chi connectivity index (χ4v) is 3.40. The highest BCUT2D eigenvalue weighted by Gasteiger charge is 2.38. The third-order valence-electron chi connectivity index (χ3n) is 3.26. The average molecular weight is 322 g/mol. The number of benzene rings is 1. The lowest BCUT2D eigenvalue weighted by Crippen LogP contribution is -2.27. The average Bonchev–Trinajstić information content (AvgIpc) is 2.65. The Hall–Kier alpha value is -0.780. The number of rotatable bonds is 2. The van der Waals surface area contributed by atoms with Gasteiger partial charge in [0.2, 0.25) is 15.0 Å². The second kappa shape index (κ2) is 4.96. The van der Waals surface area contributed by atoms with Crippen molar-refractivity contribution in [2.24, 2.45) is 0 Å². The summed E-state index contributed by atoms with van der Waals surface area (Å²) in [6.07, 6.45) is -0.0764. The summed E-state index contributed by atoms with van der Waals surface area (Å²) in [6, 6.07) is 3.56. The van der Waals surface area contributed by atoms with Crippen LogP contribution in [-0.2, 0) is 13.8 Å². The van der Waals surface area contributed by atoms with Crippen LogP contribution in [0.15, 0.2) is 12.1 Å². The van der Waals surface area contributed by atoms with E-state index in [1.807, 2.05) is 13.8 Å². The Kier molecular flexibility index (Phi) is 3.82. The summed E-state index contributed by atoms with van der Waals surface area (Å²) in [7, 11) is 1.60. The highest BCUT2D eigenvalue weighted by molar-refractivity contribution is 8.14. The van der Waals surface area contributed by atoms with Crippen molar-refractivity contribution in [2.45, 2.75) is 25.5 Å². The molecular weight excluding hydrogens is 309 g/mol. The van der Waals surface area contributed by atoms with Crippen LogP contribution in [-0.4, -0.2) is 26.1 Å². The predicted octanol–water partition coefficient (Wildman–Crippen LogP) is 2.63. The highest BCUT2D eigenvalue weighted by Crippen LogP contribution is 2.32. The highest BCUT2D eigenvalue weighted by atomic mass is 35.7. The molecule has 7 heteroatoms. The van der Waals surface area contributed by atoms with Gasteiger partial charge in [0.25, 0.3) is 0 Å². The first-order chi connectivity index (χ1) is 8.70. The minimum atomic E-state index is -3.72. The molecule has 0 N–H and O–H groups in total. The number of anilines is 1. The molecule has 1 aromatic carbocycles. The Bertz CT molecular complexity index is 643. The summed E-state index contributed by atoms with van der Waals surface area (Å²) < 4.78 is 22.7. The van der Waals surface area contributed by atoms with Crippen LogP contribution in [0, 0.1) is 13.8 Å². The number of carbonyl (C=O) groups is 1. The van der Waals surface area contributed by atoms with Gasteiger partial charge in [-0.05, 0) is 37.1 Å². The second-order valence-corrected chi connectivity index (χ2v) is 8.01. The molecule has 0 radical (unpaired) electrons. The maximum absolute atomic E-state index is 12.0. The van der Waals surface area contributed by atoms with Crippen molar-refractivity contribution in [1.29, 1.82) is 0 Å². The number of halogens is 2. The number of hydrogen-bond acceptors (Lipinski definition) is 3. The van der Waals surface area contributed by atoms with E-state index in [-0.39, 0.29) is 18.9 Å². The fourth-order valence-electron chi connectivity index (χ4n) is 2.15. The maximum Gasteiger partial charge on any atom is 0.237 e. The van der Waals surface area contributed by atoms with Crippen LogP contribution >= 0.6 is 22.3 Å². The molecule has 4 nitrogen and oxygen atoms in total. The van der Waals surface area contributed by atoms with Gasteiger partial charge in [-0.3, -0.25) is 4.79 Å². The summed E-state index contributed by atoms with van der Waals surface area (Å²) >= 11 is 6.01. The molecule has 2 rings (SSSR count). The van der Waals surface area contributed by atoms with Gasteiger partial charge < -0.3 is 4.90 Å². The Balaban J connectivity index is 2.39. The molecule has 0 bridgehead atoms. The Labute approximate surface area is 121 Å². The molecular formula is C12H13Cl2NO3S. The maximum atomic E-state index is 12.0. The van der Waals surface area contributed by atoms with E-state index < -0.39 is 14.3 Å². The van der Waals surface area contributed by atoms with E-state index in [4.69, 9.17) is 22.3 Å². The summed E-state index contributed by atoms with van der Waals surface area (Å²) in [4.78, 5) is 13.4. The Morgan fingerprint density at radius 2 is 1.89 bits per heavy atom. The molecule has 1 amide bonds. The number of amides is 1. The number of aryl methyl sites for hydroxylation is 2. The largest absolute Gasteiger partial charge is 0.311 e. The van der Waals surface area contributed by atoms with Crippen molar-refractivity contribution < 1.29 is 13.2 Å². The third-order valence-corrected chi connectivity index (χ3v) is 5.53. The van der Waals surface area contributed by atoms with E-state index in [0.717, 1.165) is 11.1 Å². The molecule has 104 valence electrons. The summed E-state index contributed by atoms with van der Waals surface area (Å²) in [5.41, 5.74) is 2.36. The molecule has 19 heavy (non-hydrogen) atoms. The standard InChI is InChI=1S/C12H13Cl2NO3S/c1-7-4-11(8(2)3-10(7)13)15-6-9(5-12(15)16)19(14,17)18/h3-4,9H,5-6H2,1-2H3. The zero-order chi connectivity index (χ0) is 14.4. The first-order valence-electron chi connectivity index (χ1n) is 5.70. The van der Waals surface area contributed by atoms with Gasteiger partial charge in [-0.1, -0.05) is 11.6 Å². The zero-order valence-corrected chi connectivity index (χ0v) is 12.8. The monoisotopic (exact) mass is 321 g/mol. The molecule has 1 fully saturated rings. The van der Waals surface area contributed by atoms with Crippen LogP contribution in [0.3, 0.4) is 0 Å². The van der Waals surface area contributed by atoms with Crippen LogP contribution in [0.25, 0.3) is 0 Å². The van der Waals surface area contributed by atoms with Crippen molar-refractivity contribution in [3.63, 3.8) is 0 Å². The van der Waals surface area contributed by atoms with Crippen molar-refractivity contribution in [3.8, 4) is 0 Å². The molecule has 0 aliphatic carbocycles. The minimum absolute atomic E-state index is 0.0764. The summed E-state index contributed by atoms with van der Waals surface area (Å²) in [5, 5.41) is -0.230. The van der Waals surface area contributed by atoms with Gasteiger partial charge in [-0.2, -0.15) is 0 Å². The van der Waals surface area contributed by atoms with E-state index in [9.17, 15) is 13.2 Å². The quantitative estimate of drug-likeness (QED) is 0.787. The molecule has 1 aliphatic heterocycles. The normalized spacial score (nSPS) is 20.1. The molecule has 0 saturated carbocycles. The fraction of sp³-hybridized carbons (Fsp3) is 0.417. The van der Waals surface area contributed by atoms with Crippen LogP contribution in [0.4, 0.5) is 5.69 Å². The Morgan fingerprint density at radius 3 is 2.42 bits per heavy atom. The van der Waals surface area contributed by atoms with Gasteiger partial charge in [0, 0.05) is 34.4 Å². The van der Waals surface area contributed by atoms with Crippen molar-refractivity contribution in [2.75, 3.05) is 11.4 Å². The van der Waals surface area contributed by atoms with Gasteiger partial charge in [-0.15, -0.1) is 0 Å². The van der Waals surface area contributed by atoms with Crippen LogP contribution < -0.4 is 4.90 Å². The first kappa shape index (κ1) is 14.6. The summed E-state index contributed by atoms with van der Waals surface area (Å²) in [5.74, 6) is -0.237. The van der Waals surface area contributed by atoms with Gasteiger partial charge in [0.05, 0.1) is 0 Å². The van der Waals surface area contributed by atoms with Crippen LogP contribution in [0.5, 0.6) is 0 Å². The third kappa shape index (κ3) is 2.88. The van der Waals surface area contributed by atoms with E-state index in [1.165, 1.54) is 4.90 Å². The first-order valence-corrected chi connectivity index (χ1v) is 8.46. The minimum Gasteiger partial charge on any atom is -0.311 e. The van der Waals surface area contributed by atoms with Gasteiger partial charge in [0.1, 0.15) is 5.25 Å². The lowest BCUT2D eigenvalue weighted by atomic mass is 10.1. The molecule has 0 spiro atoms. The Morgan fingerprint density at radius 1 is 1.26 bits per heavy atom. The number of nitrogens with zero attached hydrogens (tertiary/aromatic N) is 1. The number of hydrogen-bond donors (Lipinski definition) is 0. The molecule has 1 heterocycles. The van der Waals surface area contributed by atoms with Gasteiger partial charge >= 0.3 is 0 Å². The zero-order valence-electron chi connectivity index (χ0n) is 10.5. The topological polar surface area (TPSA) is 54.5 Å². The van der Waals surface area contributed by atoms with Crippen molar-refractivity contribution in [1.82, 2.24) is 0 Å². The van der Waals surface area contributed by atoms with E-state index >= 15 is 0 Å².